The zero-order valence-electron chi connectivity index (χ0n) is 11.2. The second kappa shape index (κ2) is 6.08. The summed E-state index contributed by atoms with van der Waals surface area (Å²) in [5, 5.41) is 1.86. The normalized spacial score (nSPS) is 11.8. The number of thiophene rings is 1. The van der Waals surface area contributed by atoms with Crippen LogP contribution in [0.3, 0.4) is 0 Å². The first-order valence-electron chi connectivity index (χ1n) is 6.15. The van der Waals surface area contributed by atoms with Gasteiger partial charge in [0.2, 0.25) is 10.0 Å². The number of halogens is 2. The molecule has 0 unspecified atom stereocenters. The van der Waals surface area contributed by atoms with Gasteiger partial charge in [0.05, 0.1) is 0 Å². The van der Waals surface area contributed by atoms with E-state index in [1.165, 1.54) is 11.3 Å². The fourth-order valence-corrected chi connectivity index (χ4v) is 3.92. The van der Waals surface area contributed by atoms with Gasteiger partial charge >= 0.3 is 0 Å². The van der Waals surface area contributed by atoms with Crippen LogP contribution in [-0.2, 0) is 23.0 Å². The summed E-state index contributed by atoms with van der Waals surface area (Å²) in [5.41, 5.74) is 5.40. The predicted octanol–water partition coefficient (Wildman–Crippen LogP) is 2.65. The van der Waals surface area contributed by atoms with Crippen LogP contribution in [0.4, 0.5) is 14.5 Å². The Balaban J connectivity index is 2.25. The number of anilines is 1. The molecule has 0 bridgehead atoms. The molecule has 0 atom stereocenters. The van der Waals surface area contributed by atoms with Crippen LogP contribution in [-0.4, -0.2) is 8.42 Å². The lowest BCUT2D eigenvalue weighted by Gasteiger charge is -2.09. The van der Waals surface area contributed by atoms with Crippen molar-refractivity contribution in [2.75, 3.05) is 5.73 Å². The van der Waals surface area contributed by atoms with Gasteiger partial charge in [-0.25, -0.2) is 21.9 Å². The molecule has 0 aliphatic rings. The molecular formula is C13H14F2N2O2S2. The number of rotatable bonds is 5. The molecule has 1 aromatic heterocycles. The number of nitrogen functional groups attached to an aromatic ring is 1. The number of sulfonamides is 1. The van der Waals surface area contributed by atoms with Gasteiger partial charge in [-0.05, 0) is 35.6 Å². The van der Waals surface area contributed by atoms with Gasteiger partial charge in [-0.1, -0.05) is 6.92 Å². The second-order valence-corrected chi connectivity index (χ2v) is 7.06. The molecule has 0 amide bonds. The first-order valence-corrected chi connectivity index (χ1v) is 8.51. The first-order chi connectivity index (χ1) is 9.86. The van der Waals surface area contributed by atoms with Gasteiger partial charge in [0.1, 0.15) is 16.4 Å². The second-order valence-electron chi connectivity index (χ2n) is 4.32. The number of benzene rings is 1. The monoisotopic (exact) mass is 332 g/mol. The van der Waals surface area contributed by atoms with Gasteiger partial charge in [0, 0.05) is 11.4 Å². The molecule has 0 radical (unpaired) electrons. The lowest BCUT2D eigenvalue weighted by atomic mass is 10.2. The average molecular weight is 332 g/mol. The molecule has 0 saturated heterocycles. The van der Waals surface area contributed by atoms with Gasteiger partial charge in [-0.2, -0.15) is 0 Å². The quantitative estimate of drug-likeness (QED) is 0.827. The maximum atomic E-state index is 13.8. The zero-order chi connectivity index (χ0) is 15.6. The van der Waals surface area contributed by atoms with Gasteiger partial charge in [-0.15, -0.1) is 11.3 Å². The molecule has 4 nitrogen and oxygen atoms in total. The number of nitrogens with two attached hydrogens (primary N) is 1. The fraction of sp³-hybridized carbons (Fsp3) is 0.231. The van der Waals surface area contributed by atoms with Crippen molar-refractivity contribution in [1.29, 1.82) is 0 Å². The van der Waals surface area contributed by atoms with E-state index >= 15 is 0 Å². The van der Waals surface area contributed by atoms with Gasteiger partial charge in [0.25, 0.3) is 0 Å². The van der Waals surface area contributed by atoms with Crippen molar-refractivity contribution in [3.63, 3.8) is 0 Å². The lowest BCUT2D eigenvalue weighted by molar-refractivity contribution is 0.548. The van der Waals surface area contributed by atoms with E-state index < -0.39 is 32.2 Å². The molecular weight excluding hydrogens is 318 g/mol. The standard InChI is InChI=1S/C13H14F2N2O2S2/c1-2-8-5-6-20-10(8)7-17-21(18,19)11-4-3-9(14)13(16)12(11)15/h3-6,17H,2,7,16H2,1H3. The Morgan fingerprint density at radius 3 is 2.67 bits per heavy atom. The maximum Gasteiger partial charge on any atom is 0.243 e. The van der Waals surface area contributed by atoms with Gasteiger partial charge in [-0.3, -0.25) is 0 Å². The molecule has 0 spiro atoms. The van der Waals surface area contributed by atoms with Gasteiger partial charge < -0.3 is 5.73 Å². The molecule has 21 heavy (non-hydrogen) atoms. The summed E-state index contributed by atoms with van der Waals surface area (Å²) in [6.45, 7) is 2.01. The highest BCUT2D eigenvalue weighted by Gasteiger charge is 2.22. The number of hydrogen-bond acceptors (Lipinski definition) is 4. The summed E-state index contributed by atoms with van der Waals surface area (Å²) < 4.78 is 53.3. The van der Waals surface area contributed by atoms with E-state index in [2.05, 4.69) is 4.72 Å². The Morgan fingerprint density at radius 2 is 2.00 bits per heavy atom. The van der Waals surface area contributed by atoms with Crippen molar-refractivity contribution in [3.8, 4) is 0 Å². The topological polar surface area (TPSA) is 72.2 Å². The highest BCUT2D eigenvalue weighted by molar-refractivity contribution is 7.89. The van der Waals surface area contributed by atoms with Crippen LogP contribution in [0.15, 0.2) is 28.5 Å². The Bertz CT molecular complexity index is 758. The van der Waals surface area contributed by atoms with E-state index in [0.29, 0.717) is 0 Å². The van der Waals surface area contributed by atoms with Crippen LogP contribution in [0.5, 0.6) is 0 Å². The summed E-state index contributed by atoms with van der Waals surface area (Å²) in [6.07, 6.45) is 0.776. The average Bonchev–Trinajstić information content (AvgIpc) is 2.90. The lowest BCUT2D eigenvalue weighted by Crippen LogP contribution is -2.24. The van der Waals surface area contributed by atoms with Gasteiger partial charge in [0.15, 0.2) is 5.82 Å². The van der Waals surface area contributed by atoms with E-state index in [0.717, 1.165) is 29.0 Å². The molecule has 0 saturated carbocycles. The smallest absolute Gasteiger partial charge is 0.243 e. The third-order valence-electron chi connectivity index (χ3n) is 3.02. The van der Waals surface area contributed by atoms with Crippen molar-refractivity contribution >= 4 is 27.0 Å². The number of hydrogen-bond donors (Lipinski definition) is 2. The summed E-state index contributed by atoms with van der Waals surface area (Å²) in [7, 11) is -4.10. The molecule has 3 N–H and O–H groups in total. The Kier molecular flexibility index (Phi) is 4.60. The van der Waals surface area contributed by atoms with E-state index in [1.807, 2.05) is 18.4 Å². The highest BCUT2D eigenvalue weighted by Crippen LogP contribution is 2.23. The fourth-order valence-electron chi connectivity index (χ4n) is 1.83. The summed E-state index contributed by atoms with van der Waals surface area (Å²) in [5.74, 6) is -2.26. The predicted molar refractivity (Wildman–Crippen MR) is 78.5 cm³/mol. The first kappa shape index (κ1) is 15.9. The van der Waals surface area contributed by atoms with Crippen LogP contribution in [0, 0.1) is 11.6 Å². The summed E-state index contributed by atoms with van der Waals surface area (Å²) in [6, 6.07) is 3.60. The van der Waals surface area contributed by atoms with Crippen LogP contribution in [0.1, 0.15) is 17.4 Å². The van der Waals surface area contributed by atoms with Crippen LogP contribution in [0.25, 0.3) is 0 Å². The number of aryl methyl sites for hydroxylation is 1. The van der Waals surface area contributed by atoms with E-state index in [-0.39, 0.29) is 6.54 Å². The minimum Gasteiger partial charge on any atom is -0.394 e. The van der Waals surface area contributed by atoms with Crippen LogP contribution >= 0.6 is 11.3 Å². The SMILES string of the molecule is CCc1ccsc1CNS(=O)(=O)c1ccc(F)c(N)c1F. The zero-order valence-corrected chi connectivity index (χ0v) is 12.8. The van der Waals surface area contributed by atoms with Crippen molar-refractivity contribution in [3.05, 3.63) is 45.7 Å². The van der Waals surface area contributed by atoms with Crippen molar-refractivity contribution in [2.24, 2.45) is 0 Å². The Hall–Kier alpha value is -1.51. The molecule has 2 aromatic rings. The minimum absolute atomic E-state index is 0.0555. The number of nitrogens with one attached hydrogen (secondary N) is 1. The van der Waals surface area contributed by atoms with E-state index in [1.54, 1.807) is 0 Å². The Morgan fingerprint density at radius 1 is 1.29 bits per heavy atom. The van der Waals surface area contributed by atoms with Crippen LogP contribution in [0.2, 0.25) is 0 Å². The van der Waals surface area contributed by atoms with Crippen molar-refractivity contribution in [1.82, 2.24) is 4.72 Å². The summed E-state index contributed by atoms with van der Waals surface area (Å²) >= 11 is 1.41. The van der Waals surface area contributed by atoms with E-state index in [9.17, 15) is 17.2 Å². The third kappa shape index (κ3) is 3.22. The van der Waals surface area contributed by atoms with Crippen molar-refractivity contribution < 1.29 is 17.2 Å². The molecule has 0 fully saturated rings. The molecule has 0 aliphatic carbocycles. The van der Waals surface area contributed by atoms with Crippen LogP contribution < -0.4 is 10.5 Å². The molecule has 2 rings (SSSR count). The van der Waals surface area contributed by atoms with E-state index in [4.69, 9.17) is 5.73 Å². The Labute approximate surface area is 125 Å². The largest absolute Gasteiger partial charge is 0.394 e. The molecule has 0 aliphatic heterocycles. The molecule has 1 aromatic carbocycles. The molecule has 8 heteroatoms. The maximum absolute atomic E-state index is 13.8. The summed E-state index contributed by atoms with van der Waals surface area (Å²) in [4.78, 5) is 0.201. The van der Waals surface area contributed by atoms with Crippen molar-refractivity contribution in [2.45, 2.75) is 24.8 Å². The highest BCUT2D eigenvalue weighted by atomic mass is 32.2. The molecule has 1 heterocycles. The third-order valence-corrected chi connectivity index (χ3v) is 5.40. The molecule has 114 valence electrons. The minimum atomic E-state index is -4.10.